The van der Waals surface area contributed by atoms with Crippen LogP contribution in [0.3, 0.4) is 0 Å². The summed E-state index contributed by atoms with van der Waals surface area (Å²) in [5.74, 6) is 0. The largest absolute Gasteiger partial charge is 0.392 e. The molecule has 0 aliphatic heterocycles. The molecule has 1 rings (SSSR count). The standard InChI is InChI=1S/C9H12N2O3/c1-6(10)8-3-2-7(5-12)4-9(8)11(13)14/h2-4,6,12H,5,10H2,1H3. The van der Waals surface area contributed by atoms with Gasteiger partial charge in [-0.3, -0.25) is 10.1 Å². The highest BCUT2D eigenvalue weighted by molar-refractivity contribution is 5.44. The van der Waals surface area contributed by atoms with Gasteiger partial charge in [0, 0.05) is 17.7 Å². The second-order valence-corrected chi connectivity index (χ2v) is 3.10. The molecule has 0 amide bonds. The lowest BCUT2D eigenvalue weighted by atomic mass is 10.0. The fourth-order valence-electron chi connectivity index (χ4n) is 1.23. The van der Waals surface area contributed by atoms with E-state index in [1.165, 1.54) is 6.07 Å². The number of nitrogens with two attached hydrogens (primary N) is 1. The third kappa shape index (κ3) is 2.07. The Bertz CT molecular complexity index is 350. The number of hydrogen-bond acceptors (Lipinski definition) is 4. The van der Waals surface area contributed by atoms with Crippen LogP contribution in [-0.2, 0) is 6.61 Å². The molecule has 0 radical (unpaired) electrons. The topological polar surface area (TPSA) is 89.4 Å². The molecule has 5 heteroatoms. The first kappa shape index (κ1) is 10.6. The average molecular weight is 196 g/mol. The van der Waals surface area contributed by atoms with E-state index in [0.717, 1.165) is 0 Å². The number of rotatable bonds is 3. The Hall–Kier alpha value is -1.46. The highest BCUT2D eigenvalue weighted by atomic mass is 16.6. The molecule has 0 fully saturated rings. The van der Waals surface area contributed by atoms with Crippen LogP contribution in [0.1, 0.15) is 24.1 Å². The SMILES string of the molecule is CC(N)c1ccc(CO)cc1[N+](=O)[O-]. The number of nitrogens with zero attached hydrogens (tertiary/aromatic N) is 1. The molecule has 0 aliphatic rings. The smallest absolute Gasteiger partial charge is 0.274 e. The average Bonchev–Trinajstić information content (AvgIpc) is 2.16. The van der Waals surface area contributed by atoms with Crippen LogP contribution in [0.15, 0.2) is 18.2 Å². The highest BCUT2D eigenvalue weighted by Gasteiger charge is 2.16. The van der Waals surface area contributed by atoms with Gasteiger partial charge in [-0.15, -0.1) is 0 Å². The maximum Gasteiger partial charge on any atom is 0.274 e. The summed E-state index contributed by atoms with van der Waals surface area (Å²) in [4.78, 5) is 10.2. The van der Waals surface area contributed by atoms with Crippen molar-refractivity contribution in [2.24, 2.45) is 5.73 Å². The summed E-state index contributed by atoms with van der Waals surface area (Å²) in [6.45, 7) is 1.47. The lowest BCUT2D eigenvalue weighted by Gasteiger charge is -2.07. The zero-order valence-corrected chi connectivity index (χ0v) is 7.80. The zero-order valence-electron chi connectivity index (χ0n) is 7.80. The van der Waals surface area contributed by atoms with Gasteiger partial charge < -0.3 is 10.8 Å². The molecule has 0 spiro atoms. The van der Waals surface area contributed by atoms with Crippen molar-refractivity contribution in [3.63, 3.8) is 0 Å². The summed E-state index contributed by atoms with van der Waals surface area (Å²) in [5, 5.41) is 19.5. The summed E-state index contributed by atoms with van der Waals surface area (Å²) in [7, 11) is 0. The Kier molecular flexibility index (Phi) is 3.16. The zero-order chi connectivity index (χ0) is 10.7. The van der Waals surface area contributed by atoms with E-state index in [2.05, 4.69) is 0 Å². The van der Waals surface area contributed by atoms with Crippen LogP contribution in [0.5, 0.6) is 0 Å². The maximum absolute atomic E-state index is 10.7. The lowest BCUT2D eigenvalue weighted by Crippen LogP contribution is -2.08. The summed E-state index contributed by atoms with van der Waals surface area (Å²) in [5.41, 5.74) is 6.54. The van der Waals surface area contributed by atoms with Gasteiger partial charge in [-0.2, -0.15) is 0 Å². The van der Waals surface area contributed by atoms with E-state index >= 15 is 0 Å². The molecule has 1 atom stereocenters. The van der Waals surface area contributed by atoms with Gasteiger partial charge >= 0.3 is 0 Å². The lowest BCUT2D eigenvalue weighted by molar-refractivity contribution is -0.385. The van der Waals surface area contributed by atoms with E-state index < -0.39 is 4.92 Å². The molecule has 0 aromatic heterocycles. The fraction of sp³-hybridized carbons (Fsp3) is 0.333. The minimum atomic E-state index is -0.488. The summed E-state index contributed by atoms with van der Waals surface area (Å²) in [6.07, 6.45) is 0. The van der Waals surface area contributed by atoms with Gasteiger partial charge in [-0.05, 0) is 12.5 Å². The molecule has 3 N–H and O–H groups in total. The number of hydrogen-bond donors (Lipinski definition) is 2. The van der Waals surface area contributed by atoms with Crippen LogP contribution in [0.4, 0.5) is 5.69 Å². The van der Waals surface area contributed by atoms with E-state index in [9.17, 15) is 10.1 Å². The third-order valence-corrected chi connectivity index (χ3v) is 1.96. The first-order valence-corrected chi connectivity index (χ1v) is 4.20. The van der Waals surface area contributed by atoms with E-state index in [1.54, 1.807) is 19.1 Å². The molecule has 0 saturated carbocycles. The Morgan fingerprint density at radius 1 is 1.64 bits per heavy atom. The Morgan fingerprint density at radius 2 is 2.29 bits per heavy atom. The van der Waals surface area contributed by atoms with Crippen molar-refractivity contribution in [2.75, 3.05) is 0 Å². The fourth-order valence-corrected chi connectivity index (χ4v) is 1.23. The monoisotopic (exact) mass is 196 g/mol. The third-order valence-electron chi connectivity index (χ3n) is 1.96. The molecule has 1 aromatic rings. The minimum Gasteiger partial charge on any atom is -0.392 e. The second-order valence-electron chi connectivity index (χ2n) is 3.10. The van der Waals surface area contributed by atoms with Gasteiger partial charge in [0.1, 0.15) is 0 Å². The Labute approximate surface area is 81.3 Å². The first-order valence-electron chi connectivity index (χ1n) is 4.20. The van der Waals surface area contributed by atoms with E-state index in [1.807, 2.05) is 0 Å². The number of aliphatic hydroxyl groups excluding tert-OH is 1. The highest BCUT2D eigenvalue weighted by Crippen LogP contribution is 2.24. The van der Waals surface area contributed by atoms with Crippen molar-refractivity contribution < 1.29 is 10.0 Å². The predicted molar refractivity (Wildman–Crippen MR) is 51.6 cm³/mol. The molecule has 0 saturated heterocycles. The molecule has 0 heterocycles. The van der Waals surface area contributed by atoms with Gasteiger partial charge in [-0.25, -0.2) is 0 Å². The van der Waals surface area contributed by atoms with Gasteiger partial charge in [0.25, 0.3) is 5.69 Å². The van der Waals surface area contributed by atoms with Crippen LogP contribution in [-0.4, -0.2) is 10.0 Å². The molecule has 0 aliphatic carbocycles. The van der Waals surface area contributed by atoms with Crippen molar-refractivity contribution in [3.05, 3.63) is 39.4 Å². The van der Waals surface area contributed by atoms with Crippen molar-refractivity contribution in [1.29, 1.82) is 0 Å². The van der Waals surface area contributed by atoms with Gasteiger partial charge in [0.2, 0.25) is 0 Å². The molecule has 1 unspecified atom stereocenters. The van der Waals surface area contributed by atoms with Crippen LogP contribution >= 0.6 is 0 Å². The van der Waals surface area contributed by atoms with E-state index in [-0.39, 0.29) is 18.3 Å². The van der Waals surface area contributed by atoms with E-state index in [4.69, 9.17) is 10.8 Å². The molecule has 5 nitrogen and oxygen atoms in total. The molecular weight excluding hydrogens is 184 g/mol. The Morgan fingerprint density at radius 3 is 2.71 bits per heavy atom. The maximum atomic E-state index is 10.7. The van der Waals surface area contributed by atoms with Crippen LogP contribution < -0.4 is 5.73 Å². The summed E-state index contributed by atoms with van der Waals surface area (Å²) < 4.78 is 0. The Balaban J connectivity index is 3.24. The second kappa shape index (κ2) is 4.17. The van der Waals surface area contributed by atoms with Crippen LogP contribution in [0.2, 0.25) is 0 Å². The van der Waals surface area contributed by atoms with Crippen LogP contribution in [0, 0.1) is 10.1 Å². The van der Waals surface area contributed by atoms with Crippen molar-refractivity contribution in [3.8, 4) is 0 Å². The molecule has 76 valence electrons. The summed E-state index contributed by atoms with van der Waals surface area (Å²) in [6, 6.07) is 4.17. The predicted octanol–water partition coefficient (Wildman–Crippen LogP) is 1.11. The first-order chi connectivity index (χ1) is 6.56. The molecule has 14 heavy (non-hydrogen) atoms. The van der Waals surface area contributed by atoms with Gasteiger partial charge in [0.05, 0.1) is 11.5 Å². The van der Waals surface area contributed by atoms with Gasteiger partial charge in [0.15, 0.2) is 0 Å². The normalized spacial score (nSPS) is 12.5. The number of aliphatic hydroxyl groups is 1. The quantitative estimate of drug-likeness (QED) is 0.559. The molecular formula is C9H12N2O3. The molecule has 0 bridgehead atoms. The van der Waals surface area contributed by atoms with Crippen LogP contribution in [0.25, 0.3) is 0 Å². The van der Waals surface area contributed by atoms with Crippen molar-refractivity contribution >= 4 is 5.69 Å². The number of benzene rings is 1. The van der Waals surface area contributed by atoms with Gasteiger partial charge in [-0.1, -0.05) is 12.1 Å². The number of nitro benzene ring substituents is 1. The van der Waals surface area contributed by atoms with Crippen molar-refractivity contribution in [1.82, 2.24) is 0 Å². The van der Waals surface area contributed by atoms with E-state index in [0.29, 0.717) is 11.1 Å². The summed E-state index contributed by atoms with van der Waals surface area (Å²) >= 11 is 0. The van der Waals surface area contributed by atoms with Crippen molar-refractivity contribution in [2.45, 2.75) is 19.6 Å². The molecule has 1 aromatic carbocycles. The number of nitro groups is 1. The minimum absolute atomic E-state index is 0.0356.